The summed E-state index contributed by atoms with van der Waals surface area (Å²) >= 11 is 0. The lowest BCUT2D eigenvalue weighted by atomic mass is 10.2. The van der Waals surface area contributed by atoms with Crippen molar-refractivity contribution in [1.82, 2.24) is 15.3 Å². The molecule has 5 nitrogen and oxygen atoms in total. The van der Waals surface area contributed by atoms with Gasteiger partial charge in [0.15, 0.2) is 0 Å². The van der Waals surface area contributed by atoms with Gasteiger partial charge in [-0.3, -0.25) is 14.8 Å². The molecule has 0 aliphatic carbocycles. The molecule has 0 aliphatic heterocycles. The lowest BCUT2D eigenvalue weighted by Gasteiger charge is -2.06. The predicted octanol–water partition coefficient (Wildman–Crippen LogP) is 1.95. The van der Waals surface area contributed by atoms with E-state index < -0.39 is 0 Å². The zero-order valence-corrected chi connectivity index (χ0v) is 11.2. The highest BCUT2D eigenvalue weighted by Gasteiger charge is 2.01. The number of nitrogens with zero attached hydrogens (tertiary/aromatic N) is 2. The Kier molecular flexibility index (Phi) is 5.52. The van der Waals surface area contributed by atoms with E-state index >= 15 is 0 Å². The van der Waals surface area contributed by atoms with Gasteiger partial charge < -0.3 is 10.1 Å². The quantitative estimate of drug-likeness (QED) is 0.782. The SMILES string of the molecule is O=C(CCCOc1cccnc1)NCc1ccncc1. The number of hydrogen-bond acceptors (Lipinski definition) is 4. The highest BCUT2D eigenvalue weighted by molar-refractivity contribution is 5.75. The Balaban J connectivity index is 1.59. The summed E-state index contributed by atoms with van der Waals surface area (Å²) in [5.41, 5.74) is 1.04. The topological polar surface area (TPSA) is 64.1 Å². The number of carbonyl (C=O) groups excluding carboxylic acids is 1. The smallest absolute Gasteiger partial charge is 0.220 e. The maximum absolute atomic E-state index is 11.6. The van der Waals surface area contributed by atoms with Crippen LogP contribution in [-0.2, 0) is 11.3 Å². The monoisotopic (exact) mass is 271 g/mol. The molecule has 0 radical (unpaired) electrons. The fourth-order valence-corrected chi connectivity index (χ4v) is 1.64. The normalized spacial score (nSPS) is 10.0. The van der Waals surface area contributed by atoms with E-state index in [-0.39, 0.29) is 5.91 Å². The molecule has 0 spiro atoms. The maximum atomic E-state index is 11.6. The van der Waals surface area contributed by atoms with Gasteiger partial charge in [0.25, 0.3) is 0 Å². The van der Waals surface area contributed by atoms with E-state index in [0.29, 0.717) is 26.0 Å². The maximum Gasteiger partial charge on any atom is 0.220 e. The molecular weight excluding hydrogens is 254 g/mol. The van der Waals surface area contributed by atoms with Gasteiger partial charge >= 0.3 is 0 Å². The zero-order valence-electron chi connectivity index (χ0n) is 11.2. The molecule has 20 heavy (non-hydrogen) atoms. The number of nitrogens with one attached hydrogen (secondary N) is 1. The van der Waals surface area contributed by atoms with Gasteiger partial charge in [-0.05, 0) is 36.2 Å². The van der Waals surface area contributed by atoms with Gasteiger partial charge in [-0.1, -0.05) is 0 Å². The Morgan fingerprint density at radius 1 is 1.15 bits per heavy atom. The van der Waals surface area contributed by atoms with Crippen LogP contribution in [0.15, 0.2) is 49.1 Å². The molecule has 2 aromatic heterocycles. The third-order valence-corrected chi connectivity index (χ3v) is 2.69. The van der Waals surface area contributed by atoms with Gasteiger partial charge in [0.1, 0.15) is 5.75 Å². The van der Waals surface area contributed by atoms with Crippen molar-refractivity contribution in [2.45, 2.75) is 19.4 Å². The number of hydrogen-bond donors (Lipinski definition) is 1. The average molecular weight is 271 g/mol. The second-order valence-electron chi connectivity index (χ2n) is 4.27. The van der Waals surface area contributed by atoms with Crippen LogP contribution in [-0.4, -0.2) is 22.5 Å². The van der Waals surface area contributed by atoms with Crippen LogP contribution in [0.25, 0.3) is 0 Å². The second-order valence-corrected chi connectivity index (χ2v) is 4.27. The van der Waals surface area contributed by atoms with E-state index in [1.165, 1.54) is 0 Å². The molecule has 0 saturated heterocycles. The van der Waals surface area contributed by atoms with Crippen LogP contribution < -0.4 is 10.1 Å². The fourth-order valence-electron chi connectivity index (χ4n) is 1.64. The molecule has 0 saturated carbocycles. The van der Waals surface area contributed by atoms with Crippen molar-refractivity contribution in [3.05, 3.63) is 54.6 Å². The summed E-state index contributed by atoms with van der Waals surface area (Å²) in [6.07, 6.45) is 7.90. The Morgan fingerprint density at radius 2 is 2.00 bits per heavy atom. The minimum Gasteiger partial charge on any atom is -0.492 e. The predicted molar refractivity (Wildman–Crippen MR) is 75.0 cm³/mol. The van der Waals surface area contributed by atoms with Crippen LogP contribution in [0.4, 0.5) is 0 Å². The third kappa shape index (κ3) is 5.06. The molecule has 0 unspecified atom stereocenters. The summed E-state index contributed by atoms with van der Waals surface area (Å²) in [5, 5.41) is 2.86. The van der Waals surface area contributed by atoms with Gasteiger partial charge in [0, 0.05) is 31.6 Å². The summed E-state index contributed by atoms with van der Waals surface area (Å²) in [5.74, 6) is 0.751. The third-order valence-electron chi connectivity index (χ3n) is 2.69. The minimum atomic E-state index is 0.0246. The van der Waals surface area contributed by atoms with Crippen molar-refractivity contribution >= 4 is 5.91 Å². The highest BCUT2D eigenvalue weighted by atomic mass is 16.5. The molecule has 5 heteroatoms. The number of rotatable bonds is 7. The largest absolute Gasteiger partial charge is 0.492 e. The first-order valence-electron chi connectivity index (χ1n) is 6.53. The Bertz CT molecular complexity index is 517. The highest BCUT2D eigenvalue weighted by Crippen LogP contribution is 2.06. The molecule has 0 bridgehead atoms. The van der Waals surface area contributed by atoms with Crippen molar-refractivity contribution in [2.24, 2.45) is 0 Å². The van der Waals surface area contributed by atoms with E-state index in [0.717, 1.165) is 11.3 Å². The van der Waals surface area contributed by atoms with Crippen LogP contribution in [0, 0.1) is 0 Å². The molecule has 104 valence electrons. The van der Waals surface area contributed by atoms with Crippen molar-refractivity contribution in [3.63, 3.8) is 0 Å². The standard InChI is InChI=1S/C15H17N3O2/c19-15(18-11-13-5-8-16-9-6-13)4-2-10-20-14-3-1-7-17-12-14/h1,3,5-9,12H,2,4,10-11H2,(H,18,19). The molecule has 2 aromatic rings. The van der Waals surface area contributed by atoms with E-state index in [9.17, 15) is 4.79 Å². The molecule has 0 fully saturated rings. The first-order chi connectivity index (χ1) is 9.84. The van der Waals surface area contributed by atoms with Gasteiger partial charge in [-0.2, -0.15) is 0 Å². The number of amides is 1. The second kappa shape index (κ2) is 7.89. The lowest BCUT2D eigenvalue weighted by molar-refractivity contribution is -0.121. The number of ether oxygens (including phenoxy) is 1. The van der Waals surface area contributed by atoms with Crippen LogP contribution in [0.1, 0.15) is 18.4 Å². The van der Waals surface area contributed by atoms with Gasteiger partial charge in [-0.15, -0.1) is 0 Å². The first-order valence-corrected chi connectivity index (χ1v) is 6.53. The van der Waals surface area contributed by atoms with Crippen LogP contribution in [0.2, 0.25) is 0 Å². The molecule has 1 amide bonds. The van der Waals surface area contributed by atoms with E-state index in [1.807, 2.05) is 24.3 Å². The summed E-state index contributed by atoms with van der Waals surface area (Å²) in [4.78, 5) is 19.5. The Labute approximate surface area is 118 Å². The molecule has 1 N–H and O–H groups in total. The van der Waals surface area contributed by atoms with Gasteiger partial charge in [0.2, 0.25) is 5.91 Å². The van der Waals surface area contributed by atoms with Crippen LogP contribution in [0.3, 0.4) is 0 Å². The summed E-state index contributed by atoms with van der Waals surface area (Å²) < 4.78 is 5.47. The molecule has 0 atom stereocenters. The summed E-state index contributed by atoms with van der Waals surface area (Å²) in [7, 11) is 0. The van der Waals surface area contributed by atoms with Crippen LogP contribution >= 0.6 is 0 Å². The minimum absolute atomic E-state index is 0.0246. The fraction of sp³-hybridized carbons (Fsp3) is 0.267. The number of pyridine rings is 2. The van der Waals surface area contributed by atoms with E-state index in [4.69, 9.17) is 4.74 Å². The summed E-state index contributed by atoms with van der Waals surface area (Å²) in [6, 6.07) is 7.42. The molecule has 0 aliphatic rings. The first kappa shape index (κ1) is 14.0. The van der Waals surface area contributed by atoms with Crippen molar-refractivity contribution in [1.29, 1.82) is 0 Å². The van der Waals surface area contributed by atoms with E-state index in [2.05, 4.69) is 15.3 Å². The molecule has 0 aromatic carbocycles. The Hall–Kier alpha value is -2.43. The van der Waals surface area contributed by atoms with Gasteiger partial charge in [-0.25, -0.2) is 0 Å². The zero-order chi connectivity index (χ0) is 14.0. The number of carbonyl (C=O) groups is 1. The van der Waals surface area contributed by atoms with E-state index in [1.54, 1.807) is 24.8 Å². The van der Waals surface area contributed by atoms with Crippen molar-refractivity contribution < 1.29 is 9.53 Å². The molecular formula is C15H17N3O2. The van der Waals surface area contributed by atoms with Gasteiger partial charge in [0.05, 0.1) is 12.8 Å². The Morgan fingerprint density at radius 3 is 2.75 bits per heavy atom. The molecule has 2 heterocycles. The average Bonchev–Trinajstić information content (AvgIpc) is 2.52. The summed E-state index contributed by atoms with van der Waals surface area (Å²) in [6.45, 7) is 1.04. The van der Waals surface area contributed by atoms with Crippen molar-refractivity contribution in [2.75, 3.05) is 6.61 Å². The van der Waals surface area contributed by atoms with Crippen LogP contribution in [0.5, 0.6) is 5.75 Å². The van der Waals surface area contributed by atoms with Crippen molar-refractivity contribution in [3.8, 4) is 5.75 Å². The number of aromatic nitrogens is 2. The molecule has 2 rings (SSSR count). The lowest BCUT2D eigenvalue weighted by Crippen LogP contribution is -2.22.